The van der Waals surface area contributed by atoms with Crippen LogP contribution in [-0.2, 0) is 11.2 Å². The lowest BCUT2D eigenvalue weighted by molar-refractivity contribution is -0.128. The second kappa shape index (κ2) is 7.07. The number of nitrogens with zero attached hydrogens (tertiary/aromatic N) is 2. The number of carbonyl (C=O) groups is 2. The zero-order chi connectivity index (χ0) is 19.8. The van der Waals surface area contributed by atoms with E-state index in [2.05, 4.69) is 0 Å². The highest BCUT2D eigenvalue weighted by atomic mass is 16.5. The summed E-state index contributed by atoms with van der Waals surface area (Å²) in [5.74, 6) is 1.25. The van der Waals surface area contributed by atoms with E-state index in [9.17, 15) is 9.59 Å². The first kappa shape index (κ1) is 18.2. The minimum absolute atomic E-state index is 0.0370. The fourth-order valence-corrected chi connectivity index (χ4v) is 4.08. The first-order chi connectivity index (χ1) is 13.6. The minimum Gasteiger partial charge on any atom is -0.493 e. The Kier molecular flexibility index (Phi) is 4.58. The Balaban J connectivity index is 1.87. The monoisotopic (exact) mass is 382 g/mol. The van der Waals surface area contributed by atoms with Crippen molar-refractivity contribution in [3.05, 3.63) is 53.1 Å². The maximum atomic E-state index is 13.2. The van der Waals surface area contributed by atoms with Gasteiger partial charge in [-0.15, -0.1) is 0 Å². The van der Waals surface area contributed by atoms with E-state index < -0.39 is 6.17 Å². The molecule has 0 spiro atoms. The first-order valence-corrected chi connectivity index (χ1v) is 9.08. The topological polar surface area (TPSA) is 68.3 Å². The molecule has 1 unspecified atom stereocenters. The van der Waals surface area contributed by atoms with Gasteiger partial charge in [0.05, 0.1) is 21.3 Å². The molecule has 2 aliphatic heterocycles. The highest BCUT2D eigenvalue weighted by Gasteiger charge is 2.46. The van der Waals surface area contributed by atoms with Crippen molar-refractivity contribution >= 4 is 11.8 Å². The quantitative estimate of drug-likeness (QED) is 0.811. The summed E-state index contributed by atoms with van der Waals surface area (Å²) in [5, 5.41) is 0. The van der Waals surface area contributed by atoms with E-state index in [0.717, 1.165) is 11.1 Å². The third kappa shape index (κ3) is 2.66. The van der Waals surface area contributed by atoms with Gasteiger partial charge in [-0.25, -0.2) is 0 Å². The highest BCUT2D eigenvalue weighted by Crippen LogP contribution is 2.49. The Labute approximate surface area is 163 Å². The molecule has 2 amide bonds. The highest BCUT2D eigenvalue weighted by molar-refractivity contribution is 5.98. The Morgan fingerprint density at radius 1 is 1.04 bits per heavy atom. The number of carbonyl (C=O) groups excluding carboxylic acids is 2. The summed E-state index contributed by atoms with van der Waals surface area (Å²) in [6, 6.07) is 10.9. The lowest BCUT2D eigenvalue weighted by atomic mass is 9.94. The Morgan fingerprint density at radius 3 is 2.39 bits per heavy atom. The van der Waals surface area contributed by atoms with Crippen molar-refractivity contribution in [3.63, 3.8) is 0 Å². The van der Waals surface area contributed by atoms with Gasteiger partial charge in [-0.05, 0) is 30.2 Å². The fourth-order valence-electron chi connectivity index (χ4n) is 4.08. The van der Waals surface area contributed by atoms with Crippen LogP contribution in [-0.4, -0.2) is 56.0 Å². The fraction of sp³-hybridized carbons (Fsp3) is 0.333. The van der Waals surface area contributed by atoms with Gasteiger partial charge in [0.25, 0.3) is 5.91 Å². The molecule has 2 aromatic carbocycles. The summed E-state index contributed by atoms with van der Waals surface area (Å²) in [6.07, 6.45) is 0.125. The van der Waals surface area contributed by atoms with Crippen molar-refractivity contribution < 1.29 is 23.8 Å². The number of fused-ring (bicyclic) bond motifs is 3. The van der Waals surface area contributed by atoms with Crippen LogP contribution in [0, 0.1) is 0 Å². The Hall–Kier alpha value is -3.22. The maximum Gasteiger partial charge on any atom is 0.256 e. The van der Waals surface area contributed by atoms with Crippen molar-refractivity contribution in [2.45, 2.75) is 12.6 Å². The molecule has 4 rings (SSSR count). The molecule has 0 aliphatic carbocycles. The number of methoxy groups -OCH3 is 3. The number of benzene rings is 2. The molecule has 2 aliphatic rings. The van der Waals surface area contributed by atoms with Crippen LogP contribution in [0.15, 0.2) is 36.4 Å². The summed E-state index contributed by atoms with van der Waals surface area (Å²) in [5.41, 5.74) is 2.31. The van der Waals surface area contributed by atoms with Crippen LogP contribution in [0.25, 0.3) is 0 Å². The molecule has 28 heavy (non-hydrogen) atoms. The molecular formula is C21H22N2O5. The molecule has 2 aromatic rings. The Bertz CT molecular complexity index is 928. The van der Waals surface area contributed by atoms with Crippen LogP contribution in [0.4, 0.5) is 0 Å². The molecule has 1 fully saturated rings. The van der Waals surface area contributed by atoms with Gasteiger partial charge in [-0.2, -0.15) is 0 Å². The molecular weight excluding hydrogens is 360 g/mol. The number of amides is 2. The van der Waals surface area contributed by atoms with Crippen molar-refractivity contribution in [1.29, 1.82) is 0 Å². The van der Waals surface area contributed by atoms with Crippen molar-refractivity contribution in [3.8, 4) is 17.2 Å². The standard InChI is InChI=1S/C21H22N2O5/c1-26-15-11-14-9-10-22-16(24)12-23(21(25)13-7-5-4-6-8-13)20(22)17(14)19(28-3)18(15)27-2/h4-8,11,20H,9-10,12H2,1-3H3. The van der Waals surface area contributed by atoms with E-state index in [-0.39, 0.29) is 18.4 Å². The summed E-state index contributed by atoms with van der Waals surface area (Å²) >= 11 is 0. The van der Waals surface area contributed by atoms with Crippen LogP contribution in [0.3, 0.4) is 0 Å². The van der Waals surface area contributed by atoms with E-state index in [1.165, 1.54) is 0 Å². The molecule has 1 atom stereocenters. The molecule has 1 saturated heterocycles. The van der Waals surface area contributed by atoms with Crippen LogP contribution >= 0.6 is 0 Å². The van der Waals surface area contributed by atoms with Gasteiger partial charge in [-0.3, -0.25) is 9.59 Å². The molecule has 2 heterocycles. The summed E-state index contributed by atoms with van der Waals surface area (Å²) in [4.78, 5) is 29.2. The summed E-state index contributed by atoms with van der Waals surface area (Å²) in [6.45, 7) is 0.572. The van der Waals surface area contributed by atoms with Gasteiger partial charge in [0.2, 0.25) is 11.7 Å². The predicted molar refractivity (Wildman–Crippen MR) is 102 cm³/mol. The molecule has 146 valence electrons. The zero-order valence-corrected chi connectivity index (χ0v) is 16.1. The Morgan fingerprint density at radius 2 is 1.75 bits per heavy atom. The lowest BCUT2D eigenvalue weighted by Gasteiger charge is -2.37. The van der Waals surface area contributed by atoms with E-state index in [0.29, 0.717) is 35.8 Å². The normalized spacial score (nSPS) is 17.8. The SMILES string of the molecule is COc1cc2c(c(OC)c1OC)C1N(CC2)C(=O)CN1C(=O)c1ccccc1. The molecule has 0 radical (unpaired) electrons. The average molecular weight is 382 g/mol. The lowest BCUT2D eigenvalue weighted by Crippen LogP contribution is -2.40. The van der Waals surface area contributed by atoms with Crippen LogP contribution in [0.2, 0.25) is 0 Å². The third-order valence-corrected chi connectivity index (χ3v) is 5.33. The molecule has 0 aromatic heterocycles. The van der Waals surface area contributed by atoms with E-state index in [4.69, 9.17) is 14.2 Å². The van der Waals surface area contributed by atoms with Crippen LogP contribution < -0.4 is 14.2 Å². The van der Waals surface area contributed by atoms with E-state index in [1.54, 1.807) is 43.3 Å². The average Bonchev–Trinajstić information content (AvgIpc) is 3.08. The molecule has 0 bridgehead atoms. The number of hydrogen-bond acceptors (Lipinski definition) is 5. The zero-order valence-electron chi connectivity index (χ0n) is 16.1. The van der Waals surface area contributed by atoms with Gasteiger partial charge in [0.15, 0.2) is 11.5 Å². The maximum absolute atomic E-state index is 13.2. The van der Waals surface area contributed by atoms with Gasteiger partial charge in [0, 0.05) is 17.7 Å². The van der Waals surface area contributed by atoms with Crippen molar-refractivity contribution in [2.75, 3.05) is 34.4 Å². The van der Waals surface area contributed by atoms with E-state index >= 15 is 0 Å². The molecule has 7 nitrogen and oxygen atoms in total. The van der Waals surface area contributed by atoms with Crippen molar-refractivity contribution in [1.82, 2.24) is 9.80 Å². The predicted octanol–water partition coefficient (Wildman–Crippen LogP) is 2.25. The molecule has 0 N–H and O–H groups in total. The van der Waals surface area contributed by atoms with Gasteiger partial charge >= 0.3 is 0 Å². The number of ether oxygens (including phenoxy) is 3. The minimum atomic E-state index is -0.529. The van der Waals surface area contributed by atoms with Crippen molar-refractivity contribution in [2.24, 2.45) is 0 Å². The number of rotatable bonds is 4. The van der Waals surface area contributed by atoms with E-state index in [1.807, 2.05) is 24.3 Å². The number of hydrogen-bond donors (Lipinski definition) is 0. The summed E-state index contributed by atoms with van der Waals surface area (Å²) in [7, 11) is 4.67. The third-order valence-electron chi connectivity index (χ3n) is 5.33. The van der Waals surface area contributed by atoms with Gasteiger partial charge < -0.3 is 24.0 Å². The molecule has 0 saturated carbocycles. The van der Waals surface area contributed by atoms with Crippen LogP contribution in [0.1, 0.15) is 27.7 Å². The summed E-state index contributed by atoms with van der Waals surface area (Å²) < 4.78 is 16.7. The second-order valence-electron chi connectivity index (χ2n) is 6.73. The smallest absolute Gasteiger partial charge is 0.256 e. The van der Waals surface area contributed by atoms with Crippen LogP contribution in [0.5, 0.6) is 17.2 Å². The largest absolute Gasteiger partial charge is 0.493 e. The van der Waals surface area contributed by atoms with Gasteiger partial charge in [-0.1, -0.05) is 18.2 Å². The first-order valence-electron chi connectivity index (χ1n) is 9.08. The second-order valence-corrected chi connectivity index (χ2v) is 6.73. The molecule has 7 heteroatoms. The van der Waals surface area contributed by atoms with Gasteiger partial charge in [0.1, 0.15) is 12.7 Å².